The van der Waals surface area contributed by atoms with Gasteiger partial charge in [-0.25, -0.2) is 0 Å². The van der Waals surface area contributed by atoms with Crippen LogP contribution in [0.3, 0.4) is 0 Å². The molecule has 0 bridgehead atoms. The minimum atomic E-state index is -0.435. The summed E-state index contributed by atoms with van der Waals surface area (Å²) >= 11 is 0. The number of benzene rings is 4. The fraction of sp³-hybridized carbons (Fsp3) is 0.121. The Balaban J connectivity index is 1.63. The van der Waals surface area contributed by atoms with Crippen LogP contribution in [0.5, 0.6) is 0 Å². The van der Waals surface area contributed by atoms with E-state index >= 15 is 0 Å². The van der Waals surface area contributed by atoms with E-state index < -0.39 is 5.54 Å². The lowest BCUT2D eigenvalue weighted by Gasteiger charge is -2.43. The van der Waals surface area contributed by atoms with Crippen molar-refractivity contribution in [2.75, 3.05) is 4.90 Å². The highest BCUT2D eigenvalue weighted by Gasteiger charge is 2.37. The van der Waals surface area contributed by atoms with E-state index in [4.69, 9.17) is 0 Å². The van der Waals surface area contributed by atoms with Crippen LogP contribution in [0.25, 0.3) is 0 Å². The molecule has 5 rings (SSSR count). The van der Waals surface area contributed by atoms with Crippen LogP contribution < -0.4 is 4.90 Å². The SMILES string of the molecule is CC1(c2ccccc2)C=C(CCc2ccccc2)C(C(=O)c2ccccc2)=CN1c1ccccc1. The second-order valence-corrected chi connectivity index (χ2v) is 9.11. The van der Waals surface area contributed by atoms with Crippen LogP contribution in [-0.4, -0.2) is 5.78 Å². The van der Waals surface area contributed by atoms with Crippen LogP contribution in [0.1, 0.15) is 34.8 Å². The maximum absolute atomic E-state index is 13.8. The molecule has 0 spiro atoms. The van der Waals surface area contributed by atoms with Crippen LogP contribution in [-0.2, 0) is 12.0 Å². The summed E-state index contributed by atoms with van der Waals surface area (Å²) in [6, 6.07) is 40.9. The highest BCUT2D eigenvalue weighted by molar-refractivity contribution is 6.12. The van der Waals surface area contributed by atoms with Crippen molar-refractivity contribution >= 4 is 11.5 Å². The number of para-hydroxylation sites is 1. The molecule has 1 aliphatic heterocycles. The third-order valence-electron chi connectivity index (χ3n) is 6.76. The maximum Gasteiger partial charge on any atom is 0.194 e. The van der Waals surface area contributed by atoms with E-state index in [9.17, 15) is 4.79 Å². The molecule has 0 aliphatic carbocycles. The molecule has 172 valence electrons. The smallest absolute Gasteiger partial charge is 0.194 e. The van der Waals surface area contributed by atoms with Gasteiger partial charge >= 0.3 is 0 Å². The standard InChI is InChI=1S/C33H29NO/c1-33(29-18-10-4-11-19-29)24-28(23-22-26-14-6-2-7-15-26)31(32(35)27-16-8-3-9-17-27)25-34(33)30-20-12-5-13-21-30/h2-21,24-25H,22-23H2,1H3. The lowest BCUT2D eigenvalue weighted by atomic mass is 9.80. The Bertz CT molecular complexity index is 1340. The zero-order valence-electron chi connectivity index (χ0n) is 20.0. The van der Waals surface area contributed by atoms with E-state index in [0.29, 0.717) is 5.56 Å². The van der Waals surface area contributed by atoms with E-state index in [2.05, 4.69) is 84.8 Å². The number of rotatable bonds is 7. The Morgan fingerprint density at radius 1 is 0.686 bits per heavy atom. The van der Waals surface area contributed by atoms with Crippen LogP contribution in [0.15, 0.2) is 145 Å². The first-order valence-corrected chi connectivity index (χ1v) is 12.1. The number of hydrogen-bond donors (Lipinski definition) is 0. The molecule has 2 nitrogen and oxygen atoms in total. The second-order valence-electron chi connectivity index (χ2n) is 9.11. The van der Waals surface area contributed by atoms with Crippen LogP contribution in [0.4, 0.5) is 5.69 Å². The number of carbonyl (C=O) groups excluding carboxylic acids is 1. The first-order valence-electron chi connectivity index (χ1n) is 12.1. The van der Waals surface area contributed by atoms with Gasteiger partial charge in [-0.1, -0.05) is 115 Å². The molecule has 4 aromatic carbocycles. The average molecular weight is 456 g/mol. The van der Waals surface area contributed by atoms with Crippen molar-refractivity contribution in [1.29, 1.82) is 0 Å². The van der Waals surface area contributed by atoms with Crippen molar-refractivity contribution in [1.82, 2.24) is 0 Å². The second kappa shape index (κ2) is 9.99. The molecule has 0 fully saturated rings. The summed E-state index contributed by atoms with van der Waals surface area (Å²) in [5, 5.41) is 0. The van der Waals surface area contributed by atoms with Gasteiger partial charge in [-0.3, -0.25) is 4.79 Å². The number of hydrogen-bond acceptors (Lipinski definition) is 2. The summed E-state index contributed by atoms with van der Waals surface area (Å²) in [4.78, 5) is 16.1. The number of nitrogens with zero attached hydrogens (tertiary/aromatic N) is 1. The van der Waals surface area contributed by atoms with E-state index in [0.717, 1.165) is 29.7 Å². The highest BCUT2D eigenvalue weighted by atomic mass is 16.1. The van der Waals surface area contributed by atoms with Crippen LogP contribution in [0, 0.1) is 0 Å². The molecule has 2 heteroatoms. The summed E-state index contributed by atoms with van der Waals surface area (Å²) in [7, 11) is 0. The molecule has 0 radical (unpaired) electrons. The summed E-state index contributed by atoms with van der Waals surface area (Å²) in [6.07, 6.45) is 6.04. The Kier molecular flexibility index (Phi) is 6.45. The number of Topliss-reactive ketones (excluding diaryl/α,β-unsaturated/α-hetero) is 1. The van der Waals surface area contributed by atoms with Crippen molar-refractivity contribution in [3.05, 3.63) is 161 Å². The number of aryl methyl sites for hydroxylation is 1. The van der Waals surface area contributed by atoms with Gasteiger partial charge in [-0.2, -0.15) is 0 Å². The van der Waals surface area contributed by atoms with Crippen molar-refractivity contribution in [3.8, 4) is 0 Å². The van der Waals surface area contributed by atoms with Gasteiger partial charge in [0, 0.05) is 23.0 Å². The van der Waals surface area contributed by atoms with Crippen molar-refractivity contribution in [3.63, 3.8) is 0 Å². The molecule has 1 atom stereocenters. The average Bonchev–Trinajstić information content (AvgIpc) is 2.93. The molecular weight excluding hydrogens is 426 g/mol. The van der Waals surface area contributed by atoms with Crippen LogP contribution >= 0.6 is 0 Å². The summed E-state index contributed by atoms with van der Waals surface area (Å²) in [5.41, 5.74) is 5.62. The van der Waals surface area contributed by atoms with Crippen molar-refractivity contribution in [2.24, 2.45) is 0 Å². The zero-order chi connectivity index (χ0) is 24.1. The fourth-order valence-corrected chi connectivity index (χ4v) is 4.84. The number of allylic oxidation sites excluding steroid dienone is 2. The first kappa shape index (κ1) is 22.6. The van der Waals surface area contributed by atoms with E-state index in [-0.39, 0.29) is 5.78 Å². The van der Waals surface area contributed by atoms with Crippen LogP contribution in [0.2, 0.25) is 0 Å². The molecule has 1 aliphatic rings. The summed E-state index contributed by atoms with van der Waals surface area (Å²) < 4.78 is 0. The molecule has 0 N–H and O–H groups in total. The summed E-state index contributed by atoms with van der Waals surface area (Å²) in [6.45, 7) is 2.23. The molecule has 35 heavy (non-hydrogen) atoms. The van der Waals surface area contributed by atoms with Crippen molar-refractivity contribution in [2.45, 2.75) is 25.3 Å². The van der Waals surface area contributed by atoms with Gasteiger partial charge in [-0.15, -0.1) is 0 Å². The van der Waals surface area contributed by atoms with Gasteiger partial charge in [-0.05, 0) is 48.6 Å². The molecule has 4 aromatic rings. The van der Waals surface area contributed by atoms with Gasteiger partial charge in [0.05, 0.1) is 5.54 Å². The Labute approximate surface area is 207 Å². The monoisotopic (exact) mass is 455 g/mol. The third kappa shape index (κ3) is 4.74. The first-order chi connectivity index (χ1) is 17.1. The number of ketones is 1. The minimum Gasteiger partial charge on any atom is -0.334 e. The number of anilines is 1. The zero-order valence-corrected chi connectivity index (χ0v) is 20.0. The Morgan fingerprint density at radius 2 is 1.23 bits per heavy atom. The molecule has 0 aromatic heterocycles. The van der Waals surface area contributed by atoms with Gasteiger partial charge in [0.2, 0.25) is 0 Å². The lowest BCUT2D eigenvalue weighted by Crippen LogP contribution is -2.42. The lowest BCUT2D eigenvalue weighted by molar-refractivity contribution is 0.103. The van der Waals surface area contributed by atoms with Gasteiger partial charge in [0.15, 0.2) is 5.78 Å². The third-order valence-corrected chi connectivity index (χ3v) is 6.76. The summed E-state index contributed by atoms with van der Waals surface area (Å²) in [5.74, 6) is 0.0564. The molecule has 0 saturated heterocycles. The van der Waals surface area contributed by atoms with Gasteiger partial charge in [0.1, 0.15) is 0 Å². The minimum absolute atomic E-state index is 0.0564. The molecule has 0 amide bonds. The van der Waals surface area contributed by atoms with Gasteiger partial charge in [0.25, 0.3) is 0 Å². The predicted molar refractivity (Wildman–Crippen MR) is 144 cm³/mol. The fourth-order valence-electron chi connectivity index (χ4n) is 4.84. The predicted octanol–water partition coefficient (Wildman–Crippen LogP) is 7.75. The Hall–Kier alpha value is -4.17. The molecule has 0 saturated carbocycles. The van der Waals surface area contributed by atoms with E-state index in [1.54, 1.807) is 0 Å². The molecule has 1 heterocycles. The maximum atomic E-state index is 13.8. The normalized spacial score (nSPS) is 17.5. The van der Waals surface area contributed by atoms with Crippen molar-refractivity contribution < 1.29 is 4.79 Å². The Morgan fingerprint density at radius 3 is 1.86 bits per heavy atom. The molecular formula is C33H29NO. The molecule has 1 unspecified atom stereocenters. The van der Waals surface area contributed by atoms with E-state index in [1.807, 2.05) is 60.7 Å². The largest absolute Gasteiger partial charge is 0.334 e. The highest BCUT2D eigenvalue weighted by Crippen LogP contribution is 2.42. The quantitative estimate of drug-likeness (QED) is 0.266. The number of carbonyl (C=O) groups is 1. The topological polar surface area (TPSA) is 20.3 Å². The van der Waals surface area contributed by atoms with Gasteiger partial charge < -0.3 is 4.90 Å². The van der Waals surface area contributed by atoms with E-state index in [1.165, 1.54) is 11.1 Å².